The number of carbonyl (C=O) groups excluding carboxylic acids is 1. The van der Waals surface area contributed by atoms with E-state index in [9.17, 15) is 9.59 Å². The third kappa shape index (κ3) is 5.14. The molecule has 0 radical (unpaired) electrons. The van der Waals surface area contributed by atoms with Crippen LogP contribution in [0.25, 0.3) is 6.08 Å². The molecule has 0 aliphatic carbocycles. The Hall–Kier alpha value is -1.81. The molecule has 0 saturated carbocycles. The van der Waals surface area contributed by atoms with Crippen LogP contribution in [-0.4, -0.2) is 23.0 Å². The summed E-state index contributed by atoms with van der Waals surface area (Å²) in [6, 6.07) is 6.12. The van der Waals surface area contributed by atoms with E-state index in [1.165, 1.54) is 6.08 Å². The summed E-state index contributed by atoms with van der Waals surface area (Å²) in [5.74, 6) is -1.67. The topological polar surface area (TPSA) is 66.4 Å². The summed E-state index contributed by atoms with van der Waals surface area (Å²) in [7, 11) is 0. The van der Waals surface area contributed by atoms with Gasteiger partial charge in [0.2, 0.25) is 5.91 Å². The summed E-state index contributed by atoms with van der Waals surface area (Å²) in [5, 5.41) is 12.0. The predicted octanol–water partition coefficient (Wildman–Crippen LogP) is 2.58. The van der Waals surface area contributed by atoms with Crippen LogP contribution in [0.2, 0.25) is 5.02 Å². The lowest BCUT2D eigenvalue weighted by Gasteiger charge is -2.16. The Morgan fingerprint density at radius 2 is 2.05 bits per heavy atom. The highest BCUT2D eigenvalue weighted by Gasteiger charge is 2.22. The molecular formula is C14H16ClNO3. The number of benzene rings is 1. The minimum atomic E-state index is -1.04. The van der Waals surface area contributed by atoms with Crippen LogP contribution in [-0.2, 0) is 9.59 Å². The van der Waals surface area contributed by atoms with E-state index < -0.39 is 17.9 Å². The highest BCUT2D eigenvalue weighted by atomic mass is 35.5. The number of rotatable bonds is 5. The van der Waals surface area contributed by atoms with Crippen LogP contribution >= 0.6 is 11.6 Å². The molecule has 102 valence electrons. The van der Waals surface area contributed by atoms with E-state index in [0.717, 1.165) is 5.56 Å². The summed E-state index contributed by atoms with van der Waals surface area (Å²) in [5.41, 5.74) is 0.777. The first kappa shape index (κ1) is 15.2. The molecule has 0 aliphatic rings. The summed E-state index contributed by atoms with van der Waals surface area (Å²) in [4.78, 5) is 22.6. The second kappa shape index (κ2) is 6.95. The number of amides is 1. The van der Waals surface area contributed by atoms with Crippen molar-refractivity contribution in [1.82, 2.24) is 5.32 Å². The third-order valence-corrected chi connectivity index (χ3v) is 2.74. The Labute approximate surface area is 117 Å². The zero-order valence-corrected chi connectivity index (χ0v) is 11.5. The number of hydrogen-bond acceptors (Lipinski definition) is 2. The van der Waals surface area contributed by atoms with Gasteiger partial charge in [-0.25, -0.2) is 4.79 Å². The van der Waals surface area contributed by atoms with Crippen LogP contribution in [0.3, 0.4) is 0 Å². The van der Waals surface area contributed by atoms with Crippen molar-refractivity contribution in [1.29, 1.82) is 0 Å². The molecule has 0 fully saturated rings. The maximum absolute atomic E-state index is 11.6. The fraction of sp³-hybridized carbons (Fsp3) is 0.286. The Morgan fingerprint density at radius 1 is 1.37 bits per heavy atom. The average Bonchev–Trinajstić information content (AvgIpc) is 2.32. The molecule has 1 amide bonds. The van der Waals surface area contributed by atoms with Crippen molar-refractivity contribution in [3.8, 4) is 0 Å². The van der Waals surface area contributed by atoms with Gasteiger partial charge in [0.15, 0.2) is 0 Å². The molecule has 4 nitrogen and oxygen atoms in total. The van der Waals surface area contributed by atoms with Gasteiger partial charge in [0.25, 0.3) is 0 Å². The Balaban J connectivity index is 2.67. The Bertz CT molecular complexity index is 497. The highest BCUT2D eigenvalue weighted by molar-refractivity contribution is 6.30. The van der Waals surface area contributed by atoms with Crippen LogP contribution in [0.15, 0.2) is 30.3 Å². The lowest BCUT2D eigenvalue weighted by Crippen LogP contribution is -2.43. The van der Waals surface area contributed by atoms with Gasteiger partial charge in [-0.3, -0.25) is 4.79 Å². The molecule has 0 heterocycles. The third-order valence-electron chi connectivity index (χ3n) is 2.51. The van der Waals surface area contributed by atoms with Crippen molar-refractivity contribution in [2.75, 3.05) is 0 Å². The van der Waals surface area contributed by atoms with Gasteiger partial charge in [-0.2, -0.15) is 0 Å². The molecule has 1 atom stereocenters. The molecule has 0 aromatic heterocycles. The van der Waals surface area contributed by atoms with Crippen LogP contribution in [0, 0.1) is 5.92 Å². The number of hydrogen-bond donors (Lipinski definition) is 2. The summed E-state index contributed by atoms with van der Waals surface area (Å²) in [6.45, 7) is 3.47. The van der Waals surface area contributed by atoms with Gasteiger partial charge in [0.05, 0.1) is 0 Å². The first-order valence-corrected chi connectivity index (χ1v) is 6.25. The minimum absolute atomic E-state index is 0.180. The average molecular weight is 282 g/mol. The zero-order chi connectivity index (χ0) is 14.4. The van der Waals surface area contributed by atoms with Crippen molar-refractivity contribution in [3.05, 3.63) is 40.9 Å². The number of nitrogens with one attached hydrogen (secondary N) is 1. The zero-order valence-electron chi connectivity index (χ0n) is 10.8. The number of carboxylic acids is 1. The summed E-state index contributed by atoms with van der Waals surface area (Å²) < 4.78 is 0. The van der Waals surface area contributed by atoms with Crippen molar-refractivity contribution in [2.45, 2.75) is 19.9 Å². The van der Waals surface area contributed by atoms with Gasteiger partial charge in [-0.15, -0.1) is 0 Å². The maximum Gasteiger partial charge on any atom is 0.326 e. The molecule has 1 aromatic rings. The second-order valence-corrected chi connectivity index (χ2v) is 4.89. The Morgan fingerprint density at radius 3 is 2.58 bits per heavy atom. The molecule has 0 spiro atoms. The molecule has 19 heavy (non-hydrogen) atoms. The van der Waals surface area contributed by atoms with E-state index in [1.807, 2.05) is 0 Å². The quantitative estimate of drug-likeness (QED) is 0.815. The molecule has 2 N–H and O–H groups in total. The summed E-state index contributed by atoms with van der Waals surface area (Å²) >= 11 is 5.82. The van der Waals surface area contributed by atoms with Crippen LogP contribution < -0.4 is 5.32 Å². The smallest absolute Gasteiger partial charge is 0.326 e. The van der Waals surface area contributed by atoms with E-state index in [4.69, 9.17) is 16.7 Å². The number of halogens is 1. The molecule has 0 bridgehead atoms. The number of carboxylic acid groups (broad SMARTS) is 1. The van der Waals surface area contributed by atoms with E-state index in [-0.39, 0.29) is 5.92 Å². The first-order valence-electron chi connectivity index (χ1n) is 5.87. The monoisotopic (exact) mass is 281 g/mol. The highest BCUT2D eigenvalue weighted by Crippen LogP contribution is 2.11. The van der Waals surface area contributed by atoms with E-state index in [0.29, 0.717) is 5.02 Å². The van der Waals surface area contributed by atoms with Gasteiger partial charge in [-0.1, -0.05) is 37.6 Å². The normalized spacial score (nSPS) is 12.6. The first-order chi connectivity index (χ1) is 8.90. The maximum atomic E-state index is 11.6. The van der Waals surface area contributed by atoms with Crippen LogP contribution in [0.5, 0.6) is 0 Å². The molecule has 0 saturated heterocycles. The van der Waals surface area contributed by atoms with Crippen LogP contribution in [0.1, 0.15) is 19.4 Å². The second-order valence-electron chi connectivity index (χ2n) is 4.46. The van der Waals surface area contributed by atoms with Gasteiger partial charge in [-0.05, 0) is 29.7 Å². The predicted molar refractivity (Wildman–Crippen MR) is 74.9 cm³/mol. The molecular weight excluding hydrogens is 266 g/mol. The lowest BCUT2D eigenvalue weighted by atomic mass is 10.0. The lowest BCUT2D eigenvalue weighted by molar-refractivity contribution is -0.142. The minimum Gasteiger partial charge on any atom is -0.480 e. The molecule has 5 heteroatoms. The van der Waals surface area contributed by atoms with Gasteiger partial charge >= 0.3 is 5.97 Å². The largest absolute Gasteiger partial charge is 0.480 e. The van der Waals surface area contributed by atoms with Crippen molar-refractivity contribution in [3.63, 3.8) is 0 Å². The fourth-order valence-electron chi connectivity index (χ4n) is 1.50. The molecule has 1 rings (SSSR count). The van der Waals surface area contributed by atoms with Gasteiger partial charge < -0.3 is 10.4 Å². The molecule has 0 aliphatic heterocycles. The van der Waals surface area contributed by atoms with Crippen molar-refractivity contribution < 1.29 is 14.7 Å². The van der Waals surface area contributed by atoms with Crippen molar-refractivity contribution >= 4 is 29.6 Å². The summed E-state index contributed by atoms with van der Waals surface area (Å²) in [6.07, 6.45) is 2.88. The number of aliphatic carboxylic acids is 1. The Kier molecular flexibility index (Phi) is 5.57. The molecule has 1 unspecified atom stereocenters. The van der Waals surface area contributed by atoms with E-state index in [1.54, 1.807) is 44.2 Å². The van der Waals surface area contributed by atoms with E-state index in [2.05, 4.69) is 5.32 Å². The van der Waals surface area contributed by atoms with Gasteiger partial charge in [0, 0.05) is 11.1 Å². The van der Waals surface area contributed by atoms with Crippen molar-refractivity contribution in [2.24, 2.45) is 5.92 Å². The van der Waals surface area contributed by atoms with E-state index >= 15 is 0 Å². The fourth-order valence-corrected chi connectivity index (χ4v) is 1.70. The SMILES string of the molecule is CC(C)C(NC(=O)/C=C/c1cccc(Cl)c1)C(=O)O. The number of carbonyl (C=O) groups is 2. The molecule has 1 aromatic carbocycles. The van der Waals surface area contributed by atoms with Gasteiger partial charge in [0.1, 0.15) is 6.04 Å². The van der Waals surface area contributed by atoms with Crippen LogP contribution in [0.4, 0.5) is 0 Å². The standard InChI is InChI=1S/C14H16ClNO3/c1-9(2)13(14(18)19)16-12(17)7-6-10-4-3-5-11(15)8-10/h3-9,13H,1-2H3,(H,16,17)(H,18,19)/b7-6+.